The molecule has 86 valence electrons. The smallest absolute Gasteiger partial charge is 0.135 e. The minimum absolute atomic E-state index is 0.411. The van der Waals surface area contributed by atoms with E-state index in [0.29, 0.717) is 11.7 Å². The van der Waals surface area contributed by atoms with Crippen LogP contribution in [0.1, 0.15) is 64.7 Å². The lowest BCUT2D eigenvalue weighted by molar-refractivity contribution is -0.124. The van der Waals surface area contributed by atoms with Gasteiger partial charge in [0.25, 0.3) is 0 Å². The van der Waals surface area contributed by atoms with Crippen molar-refractivity contribution in [2.24, 2.45) is 5.92 Å². The van der Waals surface area contributed by atoms with E-state index in [0.717, 1.165) is 32.1 Å². The van der Waals surface area contributed by atoms with Crippen molar-refractivity contribution >= 4 is 5.78 Å². The molecule has 0 saturated heterocycles. The number of hydrogen-bond donors (Lipinski definition) is 0. The van der Waals surface area contributed by atoms with E-state index in [2.05, 4.69) is 19.1 Å². The van der Waals surface area contributed by atoms with Crippen LogP contribution in [-0.4, -0.2) is 5.78 Å². The summed E-state index contributed by atoms with van der Waals surface area (Å²) < 4.78 is 0. The lowest BCUT2D eigenvalue weighted by atomic mass is 9.84. The molecule has 0 aliphatic heterocycles. The van der Waals surface area contributed by atoms with Crippen LogP contribution in [0, 0.1) is 5.92 Å². The van der Waals surface area contributed by atoms with Gasteiger partial charge in [0.05, 0.1) is 0 Å². The third-order valence-corrected chi connectivity index (χ3v) is 3.26. The Bertz CT molecular complexity index is 205. The third-order valence-electron chi connectivity index (χ3n) is 3.26. The van der Waals surface area contributed by atoms with E-state index < -0.39 is 0 Å². The SMILES string of the molecule is CC/C=C\CCCC[C@H]1CCCCC1=O. The van der Waals surface area contributed by atoms with Gasteiger partial charge in [-0.1, -0.05) is 31.9 Å². The molecule has 1 atom stereocenters. The standard InChI is InChI=1S/C14H24O/c1-2-3-4-5-6-7-10-13-11-8-9-12-14(13)15/h3-4,13H,2,5-12H2,1H3/b4-3-/t13-/m0/s1. The maximum Gasteiger partial charge on any atom is 0.135 e. The van der Waals surface area contributed by atoms with Gasteiger partial charge in [0, 0.05) is 12.3 Å². The molecule has 1 aliphatic carbocycles. The average molecular weight is 208 g/mol. The summed E-state index contributed by atoms with van der Waals surface area (Å²) in [5.74, 6) is 0.944. The van der Waals surface area contributed by atoms with Crippen LogP contribution in [0.25, 0.3) is 0 Å². The summed E-state index contributed by atoms with van der Waals surface area (Å²) in [6.45, 7) is 2.16. The zero-order chi connectivity index (χ0) is 10.9. The van der Waals surface area contributed by atoms with E-state index in [1.54, 1.807) is 0 Å². The van der Waals surface area contributed by atoms with Gasteiger partial charge in [0.2, 0.25) is 0 Å². The fraction of sp³-hybridized carbons (Fsp3) is 0.786. The van der Waals surface area contributed by atoms with Crippen LogP contribution >= 0.6 is 0 Å². The highest BCUT2D eigenvalue weighted by Gasteiger charge is 2.20. The van der Waals surface area contributed by atoms with Crippen LogP contribution in [0.4, 0.5) is 0 Å². The van der Waals surface area contributed by atoms with Gasteiger partial charge in [0.15, 0.2) is 0 Å². The minimum atomic E-state index is 0.411. The van der Waals surface area contributed by atoms with Gasteiger partial charge in [-0.25, -0.2) is 0 Å². The number of rotatable bonds is 6. The van der Waals surface area contributed by atoms with E-state index in [4.69, 9.17) is 0 Å². The maximum atomic E-state index is 11.5. The lowest BCUT2D eigenvalue weighted by Gasteiger charge is -2.19. The summed E-state index contributed by atoms with van der Waals surface area (Å²) in [6, 6.07) is 0. The topological polar surface area (TPSA) is 17.1 Å². The fourth-order valence-corrected chi connectivity index (χ4v) is 2.30. The molecule has 0 aromatic rings. The van der Waals surface area contributed by atoms with Crippen molar-refractivity contribution in [2.75, 3.05) is 0 Å². The van der Waals surface area contributed by atoms with Gasteiger partial charge in [-0.05, 0) is 38.5 Å². The number of unbranched alkanes of at least 4 members (excludes halogenated alkanes) is 2. The lowest BCUT2D eigenvalue weighted by Crippen LogP contribution is -2.18. The van der Waals surface area contributed by atoms with Crippen LogP contribution in [0.5, 0.6) is 0 Å². The second-order valence-corrected chi connectivity index (χ2v) is 4.57. The number of carbonyl (C=O) groups excluding carboxylic acids is 1. The van der Waals surface area contributed by atoms with Crippen LogP contribution in [-0.2, 0) is 4.79 Å². The molecule has 0 heterocycles. The molecule has 0 N–H and O–H groups in total. The summed E-state index contributed by atoms with van der Waals surface area (Å²) in [5.41, 5.74) is 0. The molecule has 0 spiro atoms. The number of allylic oxidation sites excluding steroid dienone is 2. The first-order valence-electron chi connectivity index (χ1n) is 6.52. The number of ketones is 1. The third kappa shape index (κ3) is 5.15. The highest BCUT2D eigenvalue weighted by molar-refractivity contribution is 5.81. The van der Waals surface area contributed by atoms with Crippen molar-refractivity contribution in [3.05, 3.63) is 12.2 Å². The quantitative estimate of drug-likeness (QED) is 0.470. The molecule has 0 unspecified atom stereocenters. The second kappa shape index (κ2) is 7.67. The molecule has 0 bridgehead atoms. The molecule has 1 fully saturated rings. The number of hydrogen-bond acceptors (Lipinski definition) is 1. The summed E-state index contributed by atoms with van der Waals surface area (Å²) >= 11 is 0. The highest BCUT2D eigenvalue weighted by atomic mass is 16.1. The Morgan fingerprint density at radius 3 is 2.87 bits per heavy atom. The molecule has 1 saturated carbocycles. The summed E-state index contributed by atoms with van der Waals surface area (Å²) in [7, 11) is 0. The van der Waals surface area contributed by atoms with Crippen LogP contribution in [0.2, 0.25) is 0 Å². The molecule has 0 aromatic heterocycles. The fourth-order valence-electron chi connectivity index (χ4n) is 2.30. The van der Waals surface area contributed by atoms with Crippen molar-refractivity contribution in [3.63, 3.8) is 0 Å². The van der Waals surface area contributed by atoms with E-state index >= 15 is 0 Å². The normalized spacial score (nSPS) is 22.5. The molecule has 1 rings (SSSR count). The minimum Gasteiger partial charge on any atom is -0.299 e. The van der Waals surface area contributed by atoms with E-state index in [9.17, 15) is 4.79 Å². The van der Waals surface area contributed by atoms with E-state index in [1.165, 1.54) is 25.7 Å². The maximum absolute atomic E-state index is 11.5. The first-order valence-corrected chi connectivity index (χ1v) is 6.52. The Morgan fingerprint density at radius 2 is 2.13 bits per heavy atom. The van der Waals surface area contributed by atoms with Crippen molar-refractivity contribution in [2.45, 2.75) is 64.7 Å². The molecule has 0 aromatic carbocycles. The Hall–Kier alpha value is -0.590. The predicted octanol–water partition coefficient (Wildman–Crippen LogP) is 4.27. The molecular formula is C14H24O. The Kier molecular flexibility index (Phi) is 6.38. The summed E-state index contributed by atoms with van der Waals surface area (Å²) in [5, 5.41) is 0. The van der Waals surface area contributed by atoms with E-state index in [-0.39, 0.29) is 0 Å². The van der Waals surface area contributed by atoms with Gasteiger partial charge in [-0.3, -0.25) is 4.79 Å². The van der Waals surface area contributed by atoms with Crippen LogP contribution in [0.3, 0.4) is 0 Å². The van der Waals surface area contributed by atoms with Gasteiger partial charge >= 0.3 is 0 Å². The first-order chi connectivity index (χ1) is 7.34. The van der Waals surface area contributed by atoms with Crippen molar-refractivity contribution < 1.29 is 4.79 Å². The molecular weight excluding hydrogens is 184 g/mol. The molecule has 1 heteroatoms. The second-order valence-electron chi connectivity index (χ2n) is 4.57. The van der Waals surface area contributed by atoms with Gasteiger partial charge in [0.1, 0.15) is 5.78 Å². The number of Topliss-reactive ketones (excluding diaryl/α,β-unsaturated/α-hetero) is 1. The summed E-state index contributed by atoms with van der Waals surface area (Å²) in [4.78, 5) is 11.5. The molecule has 0 amide bonds. The Morgan fingerprint density at radius 1 is 1.27 bits per heavy atom. The van der Waals surface area contributed by atoms with Gasteiger partial charge in [-0.15, -0.1) is 0 Å². The average Bonchev–Trinajstić information content (AvgIpc) is 2.25. The van der Waals surface area contributed by atoms with Crippen LogP contribution in [0.15, 0.2) is 12.2 Å². The van der Waals surface area contributed by atoms with Gasteiger partial charge in [-0.2, -0.15) is 0 Å². The summed E-state index contributed by atoms with van der Waals surface area (Å²) in [6.07, 6.45) is 14.8. The van der Waals surface area contributed by atoms with Crippen LogP contribution < -0.4 is 0 Å². The highest BCUT2D eigenvalue weighted by Crippen LogP contribution is 2.25. The molecule has 15 heavy (non-hydrogen) atoms. The zero-order valence-corrected chi connectivity index (χ0v) is 10.0. The molecule has 1 aliphatic rings. The molecule has 0 radical (unpaired) electrons. The van der Waals surface area contributed by atoms with Crippen molar-refractivity contribution in [3.8, 4) is 0 Å². The zero-order valence-electron chi connectivity index (χ0n) is 10.0. The largest absolute Gasteiger partial charge is 0.299 e. The Balaban J connectivity index is 2.03. The number of carbonyl (C=O) groups is 1. The molecule has 1 nitrogen and oxygen atoms in total. The first kappa shape index (κ1) is 12.5. The Labute approximate surface area is 93.9 Å². The van der Waals surface area contributed by atoms with E-state index in [1.807, 2.05) is 0 Å². The van der Waals surface area contributed by atoms with Gasteiger partial charge < -0.3 is 0 Å². The monoisotopic (exact) mass is 208 g/mol. The van der Waals surface area contributed by atoms with Crippen molar-refractivity contribution in [1.29, 1.82) is 0 Å². The predicted molar refractivity (Wildman–Crippen MR) is 64.9 cm³/mol. The van der Waals surface area contributed by atoms with Crippen molar-refractivity contribution in [1.82, 2.24) is 0 Å².